The van der Waals surface area contributed by atoms with Gasteiger partial charge < -0.3 is 20.4 Å². The number of amides is 4. The number of hydrogen-bond acceptors (Lipinski definition) is 7. The molecule has 3 aliphatic heterocycles. The number of likely N-dealkylation sites (N-methyl/N-ethyl adjacent to an activating group) is 1. The summed E-state index contributed by atoms with van der Waals surface area (Å²) in [4.78, 5) is 58.7. The summed E-state index contributed by atoms with van der Waals surface area (Å²) in [7, 11) is -1.61. The number of carbonyl (C=O) groups excluding carboxylic acids is 4. The van der Waals surface area contributed by atoms with Gasteiger partial charge in [0.2, 0.25) is 17.7 Å². The van der Waals surface area contributed by atoms with Crippen molar-refractivity contribution in [3.05, 3.63) is 65.7 Å². The highest BCUT2D eigenvalue weighted by Crippen LogP contribution is 2.31. The van der Waals surface area contributed by atoms with Crippen LogP contribution < -0.4 is 10.6 Å². The fourth-order valence-corrected chi connectivity index (χ4v) is 7.66. The molecule has 2 N–H and O–H groups in total. The molecule has 3 heterocycles. The third kappa shape index (κ3) is 8.52. The number of nitrogens with zero attached hydrogens (tertiary/aromatic N) is 3. The lowest BCUT2D eigenvalue weighted by Gasteiger charge is -2.43. The zero-order chi connectivity index (χ0) is 32.9. The smallest absolute Gasteiger partial charge is 0.253 e. The molecule has 11 nitrogen and oxygen atoms in total. The Morgan fingerprint density at radius 2 is 1.61 bits per heavy atom. The van der Waals surface area contributed by atoms with E-state index in [0.29, 0.717) is 55.9 Å². The molecule has 1 spiro atoms. The molecule has 3 fully saturated rings. The maximum atomic E-state index is 13.3. The Bertz CT molecular complexity index is 1520. The Labute approximate surface area is 271 Å². The first-order chi connectivity index (χ1) is 21.9. The van der Waals surface area contributed by atoms with Gasteiger partial charge in [-0.3, -0.25) is 24.1 Å². The van der Waals surface area contributed by atoms with Gasteiger partial charge in [0.1, 0.15) is 0 Å². The van der Waals surface area contributed by atoms with Crippen molar-refractivity contribution in [3.63, 3.8) is 0 Å². The molecule has 5 rings (SSSR count). The molecule has 2 aromatic rings. The number of rotatable bonds is 4. The van der Waals surface area contributed by atoms with Gasteiger partial charge in [-0.2, -0.15) is 0 Å². The van der Waals surface area contributed by atoms with Crippen molar-refractivity contribution < 1.29 is 27.6 Å². The van der Waals surface area contributed by atoms with Crippen LogP contribution in [-0.4, -0.2) is 105 Å². The van der Waals surface area contributed by atoms with Gasteiger partial charge in [0.15, 0.2) is 9.84 Å². The molecule has 2 atom stereocenters. The average molecular weight is 652 g/mol. The van der Waals surface area contributed by atoms with Crippen molar-refractivity contribution in [2.45, 2.75) is 55.5 Å². The Hall–Kier alpha value is -3.77. The number of hydrogen-bond donors (Lipinski definition) is 2. The highest BCUT2D eigenvalue weighted by Gasteiger charge is 2.40. The van der Waals surface area contributed by atoms with E-state index in [2.05, 4.69) is 15.5 Å². The number of likely N-dealkylation sites (tertiary alicyclic amines) is 2. The summed E-state index contributed by atoms with van der Waals surface area (Å²) < 4.78 is 23.7. The van der Waals surface area contributed by atoms with Crippen LogP contribution in [0.4, 0.5) is 0 Å². The summed E-state index contributed by atoms with van der Waals surface area (Å²) in [6, 6.07) is 16.0. The molecule has 0 saturated carbocycles. The predicted molar refractivity (Wildman–Crippen MR) is 173 cm³/mol. The molecular weight excluding hydrogens is 606 g/mol. The van der Waals surface area contributed by atoms with Crippen LogP contribution in [0.15, 0.2) is 59.5 Å². The lowest BCUT2D eigenvalue weighted by molar-refractivity contribution is -0.137. The lowest BCUT2D eigenvalue weighted by atomic mass is 9.80. The third-order valence-corrected chi connectivity index (χ3v) is 10.9. The van der Waals surface area contributed by atoms with Crippen LogP contribution in [0.2, 0.25) is 0 Å². The van der Waals surface area contributed by atoms with Gasteiger partial charge in [-0.25, -0.2) is 8.42 Å². The minimum atomic E-state index is -3.26. The Balaban J connectivity index is 1.24. The molecule has 3 saturated heterocycles. The SMILES string of the molecule is CN1CC(=O)NC2(CCN(C(=O)c3ccccc3)CC2)CC(=O)NCC[C@H]2CN(Cc3ccc(S(C)(=O)=O)cc3)CC[C@H]2CC1=O. The van der Waals surface area contributed by atoms with Gasteiger partial charge >= 0.3 is 0 Å². The fourth-order valence-electron chi connectivity index (χ4n) is 7.03. The quantitative estimate of drug-likeness (QED) is 0.517. The Morgan fingerprint density at radius 1 is 0.913 bits per heavy atom. The molecule has 0 aromatic heterocycles. The molecule has 2 aromatic carbocycles. The number of piperidine rings is 2. The summed E-state index contributed by atoms with van der Waals surface area (Å²) in [5.74, 6) is -0.302. The second-order valence-corrected chi connectivity index (χ2v) is 15.2. The predicted octanol–water partition coefficient (Wildman–Crippen LogP) is 2.08. The van der Waals surface area contributed by atoms with Crippen LogP contribution in [0.1, 0.15) is 54.4 Å². The number of fused-ring (bicyclic) bond motifs is 1. The number of carbonyl (C=O) groups is 4. The second kappa shape index (κ2) is 14.3. The maximum absolute atomic E-state index is 13.3. The van der Waals surface area contributed by atoms with E-state index in [4.69, 9.17) is 0 Å². The van der Waals surface area contributed by atoms with E-state index in [1.54, 1.807) is 36.2 Å². The van der Waals surface area contributed by atoms with E-state index in [0.717, 1.165) is 31.5 Å². The average Bonchev–Trinajstić information content (AvgIpc) is 3.02. The molecule has 0 aliphatic carbocycles. The van der Waals surface area contributed by atoms with Gasteiger partial charge in [0, 0.05) is 64.4 Å². The minimum Gasteiger partial charge on any atom is -0.356 e. The molecule has 0 radical (unpaired) electrons. The number of benzene rings is 2. The topological polar surface area (TPSA) is 136 Å². The first-order valence-electron chi connectivity index (χ1n) is 16.1. The maximum Gasteiger partial charge on any atom is 0.253 e. The van der Waals surface area contributed by atoms with E-state index in [1.807, 2.05) is 30.3 Å². The van der Waals surface area contributed by atoms with Crippen molar-refractivity contribution in [3.8, 4) is 0 Å². The summed E-state index contributed by atoms with van der Waals surface area (Å²) in [6.45, 7) is 3.40. The van der Waals surface area contributed by atoms with Crippen molar-refractivity contribution >= 4 is 33.5 Å². The van der Waals surface area contributed by atoms with E-state index >= 15 is 0 Å². The van der Waals surface area contributed by atoms with E-state index in [9.17, 15) is 27.6 Å². The summed E-state index contributed by atoms with van der Waals surface area (Å²) in [5.41, 5.74) is 0.818. The van der Waals surface area contributed by atoms with Crippen LogP contribution in [-0.2, 0) is 30.8 Å². The van der Waals surface area contributed by atoms with Gasteiger partial charge in [0.25, 0.3) is 5.91 Å². The highest BCUT2D eigenvalue weighted by molar-refractivity contribution is 7.90. The zero-order valence-electron chi connectivity index (χ0n) is 26.7. The summed E-state index contributed by atoms with van der Waals surface area (Å²) in [5, 5.41) is 6.17. The number of nitrogens with one attached hydrogen (secondary N) is 2. The standard InChI is InChI=1S/C34H45N5O6S/c1-37-24-31(41)36-34(14-18-39(19-15-34)33(43)26-6-4-3-5-7-26)21-30(40)35-16-12-28-23-38(17-13-27(28)20-32(37)42)22-25-8-10-29(11-9-25)46(2,44)45/h3-11,27-28H,12-24H2,1-2H3,(H,35,40)(H,36,41)/t27-,28-/m0/s1. The molecule has 46 heavy (non-hydrogen) atoms. The van der Waals surface area contributed by atoms with Gasteiger partial charge in [-0.15, -0.1) is 0 Å². The van der Waals surface area contributed by atoms with Crippen molar-refractivity contribution in [2.24, 2.45) is 11.8 Å². The molecule has 248 valence electrons. The normalized spacial score (nSPS) is 23.7. The van der Waals surface area contributed by atoms with Crippen molar-refractivity contribution in [1.82, 2.24) is 25.3 Å². The molecule has 4 amide bonds. The molecular formula is C34H45N5O6S. The minimum absolute atomic E-state index is 0.0700. The van der Waals surface area contributed by atoms with Gasteiger partial charge in [-0.05, 0) is 73.9 Å². The van der Waals surface area contributed by atoms with Crippen LogP contribution in [0, 0.1) is 11.8 Å². The van der Waals surface area contributed by atoms with Crippen molar-refractivity contribution in [1.29, 1.82) is 0 Å². The first-order valence-corrected chi connectivity index (χ1v) is 18.0. The zero-order valence-corrected chi connectivity index (χ0v) is 27.6. The first kappa shape index (κ1) is 33.6. The van der Waals surface area contributed by atoms with E-state index < -0.39 is 15.4 Å². The monoisotopic (exact) mass is 651 g/mol. The Kier molecular flexibility index (Phi) is 10.5. The summed E-state index contributed by atoms with van der Waals surface area (Å²) in [6.07, 6.45) is 4.04. The molecule has 0 bridgehead atoms. The van der Waals surface area contributed by atoms with Gasteiger partial charge in [-0.1, -0.05) is 30.3 Å². The highest BCUT2D eigenvalue weighted by atomic mass is 32.2. The third-order valence-electron chi connectivity index (χ3n) is 9.75. The van der Waals surface area contributed by atoms with Crippen LogP contribution in [0.25, 0.3) is 0 Å². The summed E-state index contributed by atoms with van der Waals surface area (Å²) >= 11 is 0. The van der Waals surface area contributed by atoms with Crippen molar-refractivity contribution in [2.75, 3.05) is 52.6 Å². The van der Waals surface area contributed by atoms with E-state index in [-0.39, 0.29) is 48.4 Å². The van der Waals surface area contributed by atoms with Crippen LogP contribution >= 0.6 is 0 Å². The van der Waals surface area contributed by atoms with Crippen LogP contribution in [0.3, 0.4) is 0 Å². The molecule has 12 heteroatoms. The fraction of sp³-hybridized carbons (Fsp3) is 0.529. The molecule has 3 aliphatic rings. The van der Waals surface area contributed by atoms with E-state index in [1.165, 1.54) is 11.2 Å². The lowest BCUT2D eigenvalue weighted by Crippen LogP contribution is -2.59. The Morgan fingerprint density at radius 3 is 2.28 bits per heavy atom. The largest absolute Gasteiger partial charge is 0.356 e. The van der Waals surface area contributed by atoms with Crippen LogP contribution in [0.5, 0.6) is 0 Å². The van der Waals surface area contributed by atoms with Gasteiger partial charge in [0.05, 0.1) is 17.0 Å². The molecule has 0 unspecified atom stereocenters. The number of sulfone groups is 1. The second-order valence-electron chi connectivity index (χ2n) is 13.2.